The Morgan fingerprint density at radius 2 is 1.80 bits per heavy atom. The molecule has 2 heterocycles. The van der Waals surface area contributed by atoms with Crippen LogP contribution in [-0.4, -0.2) is 48.7 Å². The number of benzene rings is 2. The molecule has 0 saturated carbocycles. The van der Waals surface area contributed by atoms with Crippen LogP contribution < -0.4 is 14.8 Å². The van der Waals surface area contributed by atoms with Crippen molar-refractivity contribution >= 4 is 16.8 Å². The van der Waals surface area contributed by atoms with E-state index in [2.05, 4.69) is 16.3 Å². The van der Waals surface area contributed by atoms with Gasteiger partial charge in [-0.25, -0.2) is 0 Å². The average Bonchev–Trinajstić information content (AvgIpc) is 3.12. The summed E-state index contributed by atoms with van der Waals surface area (Å²) in [4.78, 5) is 15.3. The second-order valence-electron chi connectivity index (χ2n) is 7.88. The molecule has 2 aromatic carbocycles. The zero-order chi connectivity index (χ0) is 21.1. The Bertz CT molecular complexity index is 1040. The molecule has 1 fully saturated rings. The predicted octanol–water partition coefficient (Wildman–Crippen LogP) is 3.59. The van der Waals surface area contributed by atoms with Crippen LogP contribution in [0.25, 0.3) is 10.9 Å². The monoisotopic (exact) mass is 407 g/mol. The van der Waals surface area contributed by atoms with Crippen molar-refractivity contribution in [2.45, 2.75) is 25.4 Å². The Morgan fingerprint density at radius 1 is 1.07 bits per heavy atom. The quantitative estimate of drug-likeness (QED) is 0.679. The van der Waals surface area contributed by atoms with E-state index in [1.54, 1.807) is 14.2 Å². The van der Waals surface area contributed by atoms with Crippen molar-refractivity contribution < 1.29 is 14.3 Å². The molecule has 6 heteroatoms. The zero-order valence-electron chi connectivity index (χ0n) is 17.9. The molecule has 1 saturated heterocycles. The minimum absolute atomic E-state index is 0.0186. The number of piperidine rings is 1. The van der Waals surface area contributed by atoms with Gasteiger partial charge < -0.3 is 19.4 Å². The third kappa shape index (κ3) is 4.14. The normalized spacial score (nSPS) is 15.3. The summed E-state index contributed by atoms with van der Waals surface area (Å²) < 4.78 is 12.7. The van der Waals surface area contributed by atoms with Gasteiger partial charge in [0.1, 0.15) is 0 Å². The van der Waals surface area contributed by atoms with E-state index in [9.17, 15) is 4.79 Å². The van der Waals surface area contributed by atoms with E-state index < -0.39 is 0 Å². The molecule has 30 heavy (non-hydrogen) atoms. The highest BCUT2D eigenvalue weighted by Gasteiger charge is 2.23. The van der Waals surface area contributed by atoms with Gasteiger partial charge in [-0.2, -0.15) is 0 Å². The highest BCUT2D eigenvalue weighted by molar-refractivity contribution is 6.07. The summed E-state index contributed by atoms with van der Waals surface area (Å²) in [5, 5.41) is 4.25. The van der Waals surface area contributed by atoms with Crippen LogP contribution in [0.1, 0.15) is 28.8 Å². The summed E-state index contributed by atoms with van der Waals surface area (Å²) in [5.41, 5.74) is 3.03. The number of nitrogens with one attached hydrogen (secondary N) is 1. The van der Waals surface area contributed by atoms with Crippen LogP contribution in [0.3, 0.4) is 0 Å². The van der Waals surface area contributed by atoms with Crippen LogP contribution >= 0.6 is 0 Å². The maximum Gasteiger partial charge on any atom is 0.253 e. The molecule has 1 aromatic heterocycles. The molecule has 1 N–H and O–H groups in total. The fraction of sp³-hybridized carbons (Fsp3) is 0.375. The fourth-order valence-electron chi connectivity index (χ4n) is 4.26. The molecular formula is C24H29N3O3. The largest absolute Gasteiger partial charge is 0.493 e. The molecule has 158 valence electrons. The fourth-order valence-corrected chi connectivity index (χ4v) is 4.26. The smallest absolute Gasteiger partial charge is 0.253 e. The van der Waals surface area contributed by atoms with Crippen molar-refractivity contribution in [2.75, 3.05) is 27.3 Å². The highest BCUT2D eigenvalue weighted by Crippen LogP contribution is 2.28. The maximum absolute atomic E-state index is 12.9. The number of amides is 1. The van der Waals surface area contributed by atoms with Crippen LogP contribution in [0.4, 0.5) is 0 Å². The van der Waals surface area contributed by atoms with Crippen LogP contribution in [0.2, 0.25) is 0 Å². The molecule has 0 bridgehead atoms. The second-order valence-corrected chi connectivity index (χ2v) is 7.88. The third-order valence-corrected chi connectivity index (χ3v) is 5.92. The topological polar surface area (TPSA) is 55.7 Å². The van der Waals surface area contributed by atoms with Crippen molar-refractivity contribution in [3.05, 3.63) is 59.8 Å². The molecule has 1 aliphatic rings. The highest BCUT2D eigenvalue weighted by atomic mass is 16.5. The molecule has 6 nitrogen and oxygen atoms in total. The van der Waals surface area contributed by atoms with E-state index in [4.69, 9.17) is 9.47 Å². The molecular weight excluding hydrogens is 378 g/mol. The Balaban J connectivity index is 1.34. The Kier molecular flexibility index (Phi) is 5.95. The number of rotatable bonds is 6. The van der Waals surface area contributed by atoms with Gasteiger partial charge in [-0.3, -0.25) is 9.69 Å². The number of likely N-dealkylation sites (tertiary alicyclic amines) is 1. The zero-order valence-corrected chi connectivity index (χ0v) is 17.9. The molecule has 3 aromatic rings. The first-order valence-corrected chi connectivity index (χ1v) is 10.4. The number of aromatic nitrogens is 1. The first-order chi connectivity index (χ1) is 14.6. The number of nitrogens with zero attached hydrogens (tertiary/aromatic N) is 2. The lowest BCUT2D eigenvalue weighted by Gasteiger charge is -2.32. The summed E-state index contributed by atoms with van der Waals surface area (Å²) >= 11 is 0. The molecule has 0 radical (unpaired) electrons. The number of carbonyl (C=O) groups excluding carboxylic acids is 1. The Hall–Kier alpha value is -2.99. The lowest BCUT2D eigenvalue weighted by Crippen LogP contribution is -2.44. The van der Waals surface area contributed by atoms with Gasteiger partial charge in [0.15, 0.2) is 11.5 Å². The van der Waals surface area contributed by atoms with Crippen LogP contribution in [-0.2, 0) is 13.6 Å². The van der Waals surface area contributed by atoms with E-state index in [-0.39, 0.29) is 11.9 Å². The summed E-state index contributed by atoms with van der Waals surface area (Å²) in [7, 11) is 5.28. The number of para-hydroxylation sites is 1. The number of fused-ring (bicyclic) bond motifs is 1. The molecule has 0 atom stereocenters. The van der Waals surface area contributed by atoms with Gasteiger partial charge in [-0.15, -0.1) is 0 Å². The molecule has 0 spiro atoms. The lowest BCUT2D eigenvalue weighted by atomic mass is 10.0. The number of hydrogen-bond donors (Lipinski definition) is 1. The minimum atomic E-state index is 0.0186. The Labute approximate surface area is 177 Å². The number of methoxy groups -OCH3 is 2. The summed E-state index contributed by atoms with van der Waals surface area (Å²) in [6, 6.07) is 14.3. The number of carbonyl (C=O) groups is 1. The van der Waals surface area contributed by atoms with E-state index in [0.717, 1.165) is 60.4 Å². The van der Waals surface area contributed by atoms with Crippen LogP contribution in [0, 0.1) is 0 Å². The summed E-state index contributed by atoms with van der Waals surface area (Å²) in [5.74, 6) is 1.52. The van der Waals surface area contributed by atoms with Crippen molar-refractivity contribution in [1.29, 1.82) is 0 Å². The van der Waals surface area contributed by atoms with Crippen molar-refractivity contribution in [1.82, 2.24) is 14.8 Å². The van der Waals surface area contributed by atoms with Gasteiger partial charge in [0.2, 0.25) is 0 Å². The van der Waals surface area contributed by atoms with Gasteiger partial charge in [0, 0.05) is 49.8 Å². The molecule has 0 aliphatic carbocycles. The lowest BCUT2D eigenvalue weighted by molar-refractivity contribution is 0.0910. The van der Waals surface area contributed by atoms with Gasteiger partial charge in [0.25, 0.3) is 5.91 Å². The predicted molar refractivity (Wildman–Crippen MR) is 118 cm³/mol. The average molecular weight is 408 g/mol. The standard InChI is InChI=1S/C24H29N3O3/c1-26-16-20(19-6-4-5-7-21(19)26)24(28)25-18-10-12-27(13-11-18)15-17-8-9-22(29-2)23(14-17)30-3/h4-9,14,16,18H,10-13,15H2,1-3H3,(H,25,28). The maximum atomic E-state index is 12.9. The van der Waals surface area contributed by atoms with Crippen molar-refractivity contribution in [2.24, 2.45) is 7.05 Å². The molecule has 4 rings (SSSR count). The number of aryl methyl sites for hydroxylation is 1. The molecule has 0 unspecified atom stereocenters. The van der Waals surface area contributed by atoms with Gasteiger partial charge in [0.05, 0.1) is 19.8 Å². The number of hydrogen-bond acceptors (Lipinski definition) is 4. The second kappa shape index (κ2) is 8.79. The van der Waals surface area contributed by atoms with Crippen molar-refractivity contribution in [3.8, 4) is 11.5 Å². The van der Waals surface area contributed by atoms with Gasteiger partial charge >= 0.3 is 0 Å². The third-order valence-electron chi connectivity index (χ3n) is 5.92. The van der Waals surface area contributed by atoms with Gasteiger partial charge in [-0.1, -0.05) is 24.3 Å². The Morgan fingerprint density at radius 3 is 2.53 bits per heavy atom. The minimum Gasteiger partial charge on any atom is -0.493 e. The van der Waals surface area contributed by atoms with Gasteiger partial charge in [-0.05, 0) is 36.6 Å². The van der Waals surface area contributed by atoms with E-state index >= 15 is 0 Å². The number of ether oxygens (including phenoxy) is 2. The van der Waals surface area contributed by atoms with E-state index in [1.165, 1.54) is 5.56 Å². The van der Waals surface area contributed by atoms with E-state index in [1.807, 2.05) is 54.2 Å². The summed E-state index contributed by atoms with van der Waals surface area (Å²) in [6.07, 6.45) is 3.82. The van der Waals surface area contributed by atoms with Crippen LogP contribution in [0.15, 0.2) is 48.7 Å². The first kappa shape index (κ1) is 20.3. The summed E-state index contributed by atoms with van der Waals surface area (Å²) in [6.45, 7) is 2.77. The van der Waals surface area contributed by atoms with Crippen molar-refractivity contribution in [3.63, 3.8) is 0 Å². The SMILES string of the molecule is COc1ccc(CN2CCC(NC(=O)c3cn(C)c4ccccc34)CC2)cc1OC. The molecule has 1 aliphatic heterocycles. The van der Waals surface area contributed by atoms with E-state index in [0.29, 0.717) is 0 Å². The van der Waals surface area contributed by atoms with Crippen LogP contribution in [0.5, 0.6) is 11.5 Å². The first-order valence-electron chi connectivity index (χ1n) is 10.4. The molecule has 1 amide bonds.